The van der Waals surface area contributed by atoms with Gasteiger partial charge in [-0.15, -0.1) is 0 Å². The Hall–Kier alpha value is -2.99. The van der Waals surface area contributed by atoms with E-state index in [1.165, 1.54) is 5.56 Å². The van der Waals surface area contributed by atoms with Crippen molar-refractivity contribution in [2.75, 3.05) is 26.2 Å². The van der Waals surface area contributed by atoms with Gasteiger partial charge in [0, 0.05) is 31.7 Å². The van der Waals surface area contributed by atoms with Gasteiger partial charge in [-0.25, -0.2) is 0 Å². The minimum Gasteiger partial charge on any atom is -0.340 e. The topological polar surface area (TPSA) is 62.5 Å². The number of carbonyl (C=O) groups is 1. The van der Waals surface area contributed by atoms with Crippen molar-refractivity contribution in [3.05, 3.63) is 71.5 Å². The second-order valence-electron chi connectivity index (χ2n) is 7.85. The molecule has 30 heavy (non-hydrogen) atoms. The Balaban J connectivity index is 1.32. The molecule has 0 aliphatic carbocycles. The van der Waals surface area contributed by atoms with Crippen molar-refractivity contribution in [1.29, 1.82) is 0 Å². The molecule has 1 atom stereocenters. The van der Waals surface area contributed by atoms with Crippen LogP contribution in [-0.2, 0) is 11.3 Å². The number of hydrogen-bond donors (Lipinski definition) is 0. The standard InChI is InChI=1S/C24H28N4O2/c1-3-21(19-7-5-4-6-8-19)24(29)28-15-13-27(14-16-28)17-22-25-23(30-26-22)20-11-9-18(2)10-12-20/h4-12,21H,3,13-17H2,1-2H3/t21-/m1/s1. The van der Waals surface area contributed by atoms with Gasteiger partial charge in [0.1, 0.15) is 0 Å². The van der Waals surface area contributed by atoms with Crippen LogP contribution in [0.15, 0.2) is 59.1 Å². The Morgan fingerprint density at radius 2 is 1.73 bits per heavy atom. The van der Waals surface area contributed by atoms with E-state index in [9.17, 15) is 4.79 Å². The highest BCUT2D eigenvalue weighted by atomic mass is 16.5. The number of amides is 1. The maximum absolute atomic E-state index is 13.0. The number of rotatable bonds is 6. The zero-order valence-electron chi connectivity index (χ0n) is 17.6. The van der Waals surface area contributed by atoms with Crippen LogP contribution in [0.3, 0.4) is 0 Å². The summed E-state index contributed by atoms with van der Waals surface area (Å²) >= 11 is 0. The summed E-state index contributed by atoms with van der Waals surface area (Å²) in [5.74, 6) is 1.39. The van der Waals surface area contributed by atoms with Crippen LogP contribution in [0.5, 0.6) is 0 Å². The van der Waals surface area contributed by atoms with E-state index in [1.807, 2.05) is 59.5 Å². The molecule has 6 nitrogen and oxygen atoms in total. The predicted octanol–water partition coefficient (Wildman–Crippen LogP) is 3.88. The van der Waals surface area contributed by atoms with Crippen LogP contribution in [0.25, 0.3) is 11.5 Å². The first-order valence-electron chi connectivity index (χ1n) is 10.6. The van der Waals surface area contributed by atoms with Gasteiger partial charge in [-0.1, -0.05) is 60.1 Å². The van der Waals surface area contributed by atoms with E-state index in [0.29, 0.717) is 18.3 Å². The molecule has 1 amide bonds. The summed E-state index contributed by atoms with van der Waals surface area (Å²) in [6.45, 7) is 7.84. The fourth-order valence-electron chi connectivity index (χ4n) is 3.92. The number of aryl methyl sites for hydroxylation is 1. The highest BCUT2D eigenvalue weighted by Crippen LogP contribution is 2.23. The SMILES string of the molecule is CC[C@@H](C(=O)N1CCN(Cc2noc(-c3ccc(C)cc3)n2)CC1)c1ccccc1. The van der Waals surface area contributed by atoms with E-state index in [0.717, 1.165) is 43.7 Å². The molecule has 2 heterocycles. The van der Waals surface area contributed by atoms with E-state index in [2.05, 4.69) is 28.9 Å². The van der Waals surface area contributed by atoms with E-state index in [-0.39, 0.29) is 11.8 Å². The maximum atomic E-state index is 13.0. The predicted molar refractivity (Wildman–Crippen MR) is 116 cm³/mol. The average molecular weight is 405 g/mol. The van der Waals surface area contributed by atoms with Crippen molar-refractivity contribution in [1.82, 2.24) is 19.9 Å². The number of piperazine rings is 1. The van der Waals surface area contributed by atoms with Gasteiger partial charge in [-0.2, -0.15) is 4.98 Å². The second-order valence-corrected chi connectivity index (χ2v) is 7.85. The molecule has 3 aromatic rings. The van der Waals surface area contributed by atoms with Crippen LogP contribution < -0.4 is 0 Å². The Kier molecular flexibility index (Phi) is 6.23. The Bertz CT molecular complexity index is 960. The molecule has 1 fully saturated rings. The van der Waals surface area contributed by atoms with Crippen LogP contribution in [0.1, 0.15) is 36.2 Å². The summed E-state index contributed by atoms with van der Waals surface area (Å²) < 4.78 is 5.43. The maximum Gasteiger partial charge on any atom is 0.257 e. The zero-order valence-corrected chi connectivity index (χ0v) is 17.6. The normalized spacial score (nSPS) is 15.9. The van der Waals surface area contributed by atoms with Crippen LogP contribution in [0.2, 0.25) is 0 Å². The van der Waals surface area contributed by atoms with Gasteiger partial charge < -0.3 is 9.42 Å². The molecule has 1 saturated heterocycles. The molecule has 1 aliphatic rings. The summed E-state index contributed by atoms with van der Waals surface area (Å²) in [5, 5.41) is 4.14. The van der Waals surface area contributed by atoms with E-state index in [1.54, 1.807) is 0 Å². The number of nitrogens with zero attached hydrogens (tertiary/aromatic N) is 4. The van der Waals surface area contributed by atoms with Gasteiger partial charge in [0.25, 0.3) is 5.89 Å². The second kappa shape index (κ2) is 9.22. The molecule has 0 N–H and O–H groups in total. The third-order valence-electron chi connectivity index (χ3n) is 5.72. The molecule has 2 aromatic carbocycles. The molecule has 0 unspecified atom stereocenters. The van der Waals surface area contributed by atoms with Gasteiger partial charge in [-0.05, 0) is 31.0 Å². The molecule has 156 valence electrons. The van der Waals surface area contributed by atoms with Crippen LogP contribution in [0.4, 0.5) is 0 Å². The van der Waals surface area contributed by atoms with Crippen molar-refractivity contribution in [3.8, 4) is 11.5 Å². The molecule has 4 rings (SSSR count). The minimum absolute atomic E-state index is 0.0629. The van der Waals surface area contributed by atoms with Crippen molar-refractivity contribution in [2.45, 2.75) is 32.7 Å². The van der Waals surface area contributed by atoms with E-state index in [4.69, 9.17) is 4.52 Å². The first-order chi connectivity index (χ1) is 14.6. The van der Waals surface area contributed by atoms with Crippen molar-refractivity contribution >= 4 is 5.91 Å². The van der Waals surface area contributed by atoms with E-state index >= 15 is 0 Å². The van der Waals surface area contributed by atoms with Crippen LogP contribution in [0, 0.1) is 6.92 Å². The van der Waals surface area contributed by atoms with Crippen molar-refractivity contribution in [3.63, 3.8) is 0 Å². The van der Waals surface area contributed by atoms with Crippen molar-refractivity contribution in [2.24, 2.45) is 0 Å². The third kappa shape index (κ3) is 4.60. The molecular weight excluding hydrogens is 376 g/mol. The van der Waals surface area contributed by atoms with Gasteiger partial charge >= 0.3 is 0 Å². The first-order valence-corrected chi connectivity index (χ1v) is 10.6. The molecule has 0 saturated carbocycles. The average Bonchev–Trinajstić information content (AvgIpc) is 3.24. The monoisotopic (exact) mass is 404 g/mol. The van der Waals surface area contributed by atoms with E-state index < -0.39 is 0 Å². The van der Waals surface area contributed by atoms with Gasteiger partial charge in [0.15, 0.2) is 5.82 Å². The van der Waals surface area contributed by atoms with Gasteiger partial charge in [-0.3, -0.25) is 9.69 Å². The summed E-state index contributed by atoms with van der Waals surface area (Å²) in [6, 6.07) is 18.1. The molecule has 1 aliphatic heterocycles. The lowest BCUT2D eigenvalue weighted by molar-refractivity contribution is -0.134. The van der Waals surface area contributed by atoms with Gasteiger partial charge in [0.05, 0.1) is 12.5 Å². The summed E-state index contributed by atoms with van der Waals surface area (Å²) in [7, 11) is 0. The molecule has 0 spiro atoms. The lowest BCUT2D eigenvalue weighted by Crippen LogP contribution is -2.49. The van der Waals surface area contributed by atoms with Crippen molar-refractivity contribution < 1.29 is 9.32 Å². The lowest BCUT2D eigenvalue weighted by Gasteiger charge is -2.36. The third-order valence-corrected chi connectivity index (χ3v) is 5.72. The number of benzene rings is 2. The first kappa shape index (κ1) is 20.3. The highest BCUT2D eigenvalue weighted by Gasteiger charge is 2.28. The number of carbonyl (C=O) groups excluding carboxylic acids is 1. The zero-order chi connectivity index (χ0) is 20.9. The Morgan fingerprint density at radius 3 is 2.40 bits per heavy atom. The molecule has 0 bridgehead atoms. The van der Waals surface area contributed by atoms with Crippen LogP contribution >= 0.6 is 0 Å². The lowest BCUT2D eigenvalue weighted by atomic mass is 9.95. The molecule has 0 radical (unpaired) electrons. The fourth-order valence-corrected chi connectivity index (χ4v) is 3.92. The fraction of sp³-hybridized carbons (Fsp3) is 0.375. The summed E-state index contributed by atoms with van der Waals surface area (Å²) in [4.78, 5) is 21.9. The quantitative estimate of drug-likeness (QED) is 0.624. The largest absolute Gasteiger partial charge is 0.340 e. The minimum atomic E-state index is -0.0629. The number of aromatic nitrogens is 2. The Labute approximate surface area is 177 Å². The molecular formula is C24H28N4O2. The number of hydrogen-bond acceptors (Lipinski definition) is 5. The highest BCUT2D eigenvalue weighted by molar-refractivity contribution is 5.83. The molecule has 1 aromatic heterocycles. The van der Waals surface area contributed by atoms with Crippen LogP contribution in [-0.4, -0.2) is 52.0 Å². The summed E-state index contributed by atoms with van der Waals surface area (Å²) in [6.07, 6.45) is 0.813. The summed E-state index contributed by atoms with van der Waals surface area (Å²) in [5.41, 5.74) is 3.23. The smallest absolute Gasteiger partial charge is 0.257 e. The molecule has 6 heteroatoms. The Morgan fingerprint density at radius 1 is 1.03 bits per heavy atom. The van der Waals surface area contributed by atoms with Gasteiger partial charge in [0.2, 0.25) is 5.91 Å².